The van der Waals surface area contributed by atoms with E-state index in [-0.39, 0.29) is 17.9 Å². The minimum Gasteiger partial charge on any atom is -0.487 e. The second-order valence-electron chi connectivity index (χ2n) is 6.00. The van der Waals surface area contributed by atoms with E-state index in [1.54, 1.807) is 18.2 Å². The number of furan rings is 1. The first-order chi connectivity index (χ1) is 13.9. The molecule has 0 aliphatic carbocycles. The highest BCUT2D eigenvalue weighted by Crippen LogP contribution is 2.39. The van der Waals surface area contributed by atoms with Gasteiger partial charge in [0.1, 0.15) is 35.1 Å². The lowest BCUT2D eigenvalue weighted by atomic mass is 10.0. The number of esters is 1. The van der Waals surface area contributed by atoms with Crippen LogP contribution in [0.25, 0.3) is 22.3 Å². The van der Waals surface area contributed by atoms with Gasteiger partial charge in [-0.15, -0.1) is 0 Å². The molecular weight excluding hydrogens is 379 g/mol. The Bertz CT molecular complexity index is 1070. The van der Waals surface area contributed by atoms with Crippen molar-refractivity contribution >= 4 is 28.7 Å². The Hall–Kier alpha value is -3.81. The third-order valence-electron chi connectivity index (χ3n) is 4.02. The Morgan fingerprint density at radius 2 is 2.00 bits per heavy atom. The summed E-state index contributed by atoms with van der Waals surface area (Å²) in [6.45, 7) is 6.41. The fourth-order valence-electron chi connectivity index (χ4n) is 2.87. The molecule has 1 amide bonds. The molecule has 29 heavy (non-hydrogen) atoms. The number of benzene rings is 2. The molecule has 8 heteroatoms. The highest BCUT2D eigenvalue weighted by atomic mass is 19.1. The lowest BCUT2D eigenvalue weighted by Crippen LogP contribution is -2.18. The molecule has 0 fully saturated rings. The Morgan fingerprint density at radius 1 is 1.28 bits per heavy atom. The molecule has 150 valence electrons. The van der Waals surface area contributed by atoms with Gasteiger partial charge in [-0.05, 0) is 37.3 Å². The van der Waals surface area contributed by atoms with Crippen LogP contribution in [0.5, 0.6) is 5.75 Å². The molecule has 0 aliphatic heterocycles. The van der Waals surface area contributed by atoms with Crippen molar-refractivity contribution in [2.45, 2.75) is 6.92 Å². The first-order valence-electron chi connectivity index (χ1n) is 8.80. The Kier molecular flexibility index (Phi) is 5.82. The average Bonchev–Trinajstić information content (AvgIpc) is 3.04. The molecule has 7 nitrogen and oxygen atoms in total. The molecular formula is C21H19FN2O5. The molecule has 1 aromatic heterocycles. The van der Waals surface area contributed by atoms with E-state index in [1.165, 1.54) is 24.3 Å². The third-order valence-corrected chi connectivity index (χ3v) is 4.02. The van der Waals surface area contributed by atoms with Gasteiger partial charge in [0.05, 0.1) is 5.69 Å². The van der Waals surface area contributed by atoms with Gasteiger partial charge in [-0.2, -0.15) is 0 Å². The van der Waals surface area contributed by atoms with Crippen LogP contribution >= 0.6 is 0 Å². The zero-order chi connectivity index (χ0) is 21.0. The number of nitrogens with one attached hydrogen (secondary N) is 1. The Morgan fingerprint density at radius 3 is 2.62 bits per heavy atom. The van der Waals surface area contributed by atoms with Crippen LogP contribution in [0, 0.1) is 5.82 Å². The molecule has 0 saturated carbocycles. The topological polar surface area (TPSA) is 104 Å². The minimum atomic E-state index is -1.25. The molecule has 3 aromatic rings. The van der Waals surface area contributed by atoms with Crippen LogP contribution in [-0.4, -0.2) is 25.2 Å². The van der Waals surface area contributed by atoms with Crippen molar-refractivity contribution < 1.29 is 27.9 Å². The van der Waals surface area contributed by atoms with Crippen LogP contribution < -0.4 is 15.8 Å². The highest BCUT2D eigenvalue weighted by molar-refractivity contribution is 6.12. The fraction of sp³-hybridized carbons (Fsp3) is 0.143. The molecule has 0 aliphatic rings. The molecule has 2 aromatic carbocycles. The van der Waals surface area contributed by atoms with Crippen molar-refractivity contribution in [1.29, 1.82) is 0 Å². The van der Waals surface area contributed by atoms with E-state index in [2.05, 4.69) is 16.6 Å². The summed E-state index contributed by atoms with van der Waals surface area (Å²) in [5.74, 6) is -0.851. The maximum Gasteiger partial charge on any atom is 0.412 e. The van der Waals surface area contributed by atoms with Crippen molar-refractivity contribution in [3.63, 3.8) is 0 Å². The van der Waals surface area contributed by atoms with Gasteiger partial charge in [0.2, 0.25) is 0 Å². The number of ether oxygens (including phenoxy) is 2. The summed E-state index contributed by atoms with van der Waals surface area (Å²) in [6, 6.07) is 8.64. The quantitative estimate of drug-likeness (QED) is 0.346. The van der Waals surface area contributed by atoms with Crippen LogP contribution in [0.3, 0.4) is 0 Å². The van der Waals surface area contributed by atoms with Gasteiger partial charge in [-0.3, -0.25) is 0 Å². The van der Waals surface area contributed by atoms with Crippen molar-refractivity contribution in [3.8, 4) is 17.1 Å². The summed E-state index contributed by atoms with van der Waals surface area (Å²) in [5.41, 5.74) is 6.41. The van der Waals surface area contributed by atoms with E-state index in [4.69, 9.17) is 14.9 Å². The second-order valence-corrected chi connectivity index (χ2v) is 6.00. The molecule has 3 rings (SSSR count). The molecule has 0 bridgehead atoms. The maximum atomic E-state index is 13.3. The Labute approximate surface area is 165 Å². The zero-order valence-electron chi connectivity index (χ0n) is 15.7. The van der Waals surface area contributed by atoms with Crippen LogP contribution in [-0.2, 0) is 4.74 Å². The number of primary amides is 1. The van der Waals surface area contributed by atoms with Crippen LogP contribution in [0.2, 0.25) is 0 Å². The van der Waals surface area contributed by atoms with E-state index in [0.29, 0.717) is 34.5 Å². The molecule has 0 radical (unpaired) electrons. The summed E-state index contributed by atoms with van der Waals surface area (Å²) in [7, 11) is 0. The lowest BCUT2D eigenvalue weighted by molar-refractivity contribution is 0.0640. The summed E-state index contributed by atoms with van der Waals surface area (Å²) in [5, 5.41) is 3.51. The van der Waals surface area contributed by atoms with Gasteiger partial charge < -0.3 is 24.9 Å². The van der Waals surface area contributed by atoms with Crippen molar-refractivity contribution in [3.05, 3.63) is 60.4 Å². The van der Waals surface area contributed by atoms with Crippen LogP contribution in [0.4, 0.5) is 14.9 Å². The second kappa shape index (κ2) is 8.47. The standard InChI is InChI=1S/C21H19FN2O5/c1-3-9-27-17-10-14-16(11-15(17)24-4-2)28-19(12-5-7-13(22)8-6-12)18(14)20(25)29-21(23)26/h3,5-8,10-11,24H,1,4,9H2,2H3,(H2,23,26). The predicted molar refractivity (Wildman–Crippen MR) is 106 cm³/mol. The van der Waals surface area contributed by atoms with Crippen molar-refractivity contribution in [2.75, 3.05) is 18.5 Å². The number of hydrogen-bond donors (Lipinski definition) is 2. The summed E-state index contributed by atoms with van der Waals surface area (Å²) in [6.07, 6.45) is 0.336. The number of carbonyl (C=O) groups is 2. The monoisotopic (exact) mass is 398 g/mol. The molecule has 0 unspecified atom stereocenters. The van der Waals surface area contributed by atoms with E-state index in [0.717, 1.165) is 0 Å². The average molecular weight is 398 g/mol. The minimum absolute atomic E-state index is 0.0168. The fourth-order valence-corrected chi connectivity index (χ4v) is 2.87. The van der Waals surface area contributed by atoms with Crippen molar-refractivity contribution in [1.82, 2.24) is 0 Å². The zero-order valence-corrected chi connectivity index (χ0v) is 15.7. The summed E-state index contributed by atoms with van der Waals surface area (Å²) >= 11 is 0. The van der Waals surface area contributed by atoms with E-state index in [9.17, 15) is 14.0 Å². The van der Waals surface area contributed by atoms with Gasteiger partial charge in [0.25, 0.3) is 0 Å². The molecule has 3 N–H and O–H groups in total. The smallest absolute Gasteiger partial charge is 0.412 e. The predicted octanol–water partition coefficient (Wildman–Crippen LogP) is 4.47. The van der Waals surface area contributed by atoms with Gasteiger partial charge in [0, 0.05) is 23.6 Å². The molecule has 1 heterocycles. The SMILES string of the molecule is C=CCOc1cc2c(C(=O)OC(N)=O)c(-c3ccc(F)cc3)oc2cc1NCC. The maximum absolute atomic E-state index is 13.3. The van der Waals surface area contributed by atoms with E-state index >= 15 is 0 Å². The van der Waals surface area contributed by atoms with Gasteiger partial charge in [-0.25, -0.2) is 14.0 Å². The molecule has 0 spiro atoms. The third kappa shape index (κ3) is 4.21. The highest BCUT2D eigenvalue weighted by Gasteiger charge is 2.26. The number of hydrogen-bond acceptors (Lipinski definition) is 6. The summed E-state index contributed by atoms with van der Waals surface area (Å²) in [4.78, 5) is 23.7. The number of fused-ring (bicyclic) bond motifs is 1. The van der Waals surface area contributed by atoms with Gasteiger partial charge >= 0.3 is 12.1 Å². The molecule has 0 saturated heterocycles. The van der Waals surface area contributed by atoms with Gasteiger partial charge in [0.15, 0.2) is 0 Å². The summed E-state index contributed by atoms with van der Waals surface area (Å²) < 4.78 is 29.5. The number of carbonyl (C=O) groups excluding carboxylic acids is 2. The lowest BCUT2D eigenvalue weighted by Gasteiger charge is -2.11. The number of amides is 1. The number of halogens is 1. The van der Waals surface area contributed by atoms with Crippen LogP contribution in [0.1, 0.15) is 17.3 Å². The first-order valence-corrected chi connectivity index (χ1v) is 8.80. The molecule has 0 atom stereocenters. The van der Waals surface area contributed by atoms with E-state index < -0.39 is 17.9 Å². The Balaban J connectivity index is 2.25. The van der Waals surface area contributed by atoms with Gasteiger partial charge in [-0.1, -0.05) is 12.7 Å². The number of anilines is 1. The number of rotatable bonds is 7. The van der Waals surface area contributed by atoms with E-state index in [1.807, 2.05) is 6.92 Å². The van der Waals surface area contributed by atoms with Crippen molar-refractivity contribution in [2.24, 2.45) is 5.73 Å². The normalized spacial score (nSPS) is 10.6. The van der Waals surface area contributed by atoms with Crippen LogP contribution in [0.15, 0.2) is 53.5 Å². The number of nitrogens with two attached hydrogens (primary N) is 1. The first kappa shape index (κ1) is 19.9. The largest absolute Gasteiger partial charge is 0.487 e.